The van der Waals surface area contributed by atoms with Gasteiger partial charge in [-0.15, -0.1) is 0 Å². The number of aromatic nitrogens is 2. The molecular formula is C21H20ClN3O4. The minimum Gasteiger partial charge on any atom is -0.493 e. The molecule has 0 saturated carbocycles. The lowest BCUT2D eigenvalue weighted by Crippen LogP contribution is -2.24. The molecule has 0 saturated heterocycles. The highest BCUT2D eigenvalue weighted by Gasteiger charge is 2.15. The second kappa shape index (κ2) is 9.25. The first kappa shape index (κ1) is 20.4. The minimum absolute atomic E-state index is 0.173. The van der Waals surface area contributed by atoms with Gasteiger partial charge >= 0.3 is 0 Å². The van der Waals surface area contributed by atoms with Gasteiger partial charge in [-0.05, 0) is 35.9 Å². The molecular weight excluding hydrogens is 394 g/mol. The molecule has 8 heteroatoms. The lowest BCUT2D eigenvalue weighted by molar-refractivity contribution is -0.125. The number of amides is 1. The number of halogens is 1. The highest BCUT2D eigenvalue weighted by Crippen LogP contribution is 2.31. The first-order valence-electron chi connectivity index (χ1n) is 8.74. The van der Waals surface area contributed by atoms with Crippen LogP contribution in [-0.2, 0) is 11.3 Å². The van der Waals surface area contributed by atoms with Crippen LogP contribution in [0.2, 0.25) is 5.02 Å². The van der Waals surface area contributed by atoms with Crippen molar-refractivity contribution in [2.45, 2.75) is 6.54 Å². The van der Waals surface area contributed by atoms with Gasteiger partial charge in [0.2, 0.25) is 17.6 Å². The van der Waals surface area contributed by atoms with Gasteiger partial charge in [0.1, 0.15) is 0 Å². The molecule has 0 spiro atoms. The van der Waals surface area contributed by atoms with E-state index in [9.17, 15) is 4.79 Å². The smallest absolute Gasteiger partial charge is 0.246 e. The Morgan fingerprint density at radius 3 is 2.66 bits per heavy atom. The van der Waals surface area contributed by atoms with Crippen LogP contribution in [0.15, 0.2) is 53.1 Å². The number of hydrogen-bond acceptors (Lipinski definition) is 6. The number of hydrogen-bond donors (Lipinski definition) is 0. The third kappa shape index (κ3) is 4.94. The fourth-order valence-electron chi connectivity index (χ4n) is 2.59. The molecule has 0 bridgehead atoms. The molecule has 0 radical (unpaired) electrons. The van der Waals surface area contributed by atoms with Crippen LogP contribution in [-0.4, -0.2) is 42.2 Å². The summed E-state index contributed by atoms with van der Waals surface area (Å²) in [5.41, 5.74) is 1.48. The fourth-order valence-corrected chi connectivity index (χ4v) is 2.79. The summed E-state index contributed by atoms with van der Waals surface area (Å²) in [5, 5.41) is 4.56. The van der Waals surface area contributed by atoms with Crippen molar-refractivity contribution < 1.29 is 18.8 Å². The zero-order chi connectivity index (χ0) is 20.8. The average Bonchev–Trinajstić information content (AvgIpc) is 3.20. The maximum atomic E-state index is 12.3. The van der Waals surface area contributed by atoms with Gasteiger partial charge in [0.15, 0.2) is 11.5 Å². The van der Waals surface area contributed by atoms with Crippen LogP contribution in [0.25, 0.3) is 17.5 Å². The molecule has 0 aliphatic carbocycles. The van der Waals surface area contributed by atoms with Gasteiger partial charge in [-0.3, -0.25) is 4.79 Å². The fraction of sp³-hybridized carbons (Fsp3) is 0.190. The normalized spacial score (nSPS) is 10.9. The monoisotopic (exact) mass is 413 g/mol. The third-order valence-electron chi connectivity index (χ3n) is 4.17. The average molecular weight is 414 g/mol. The van der Waals surface area contributed by atoms with Gasteiger partial charge in [0, 0.05) is 23.7 Å². The van der Waals surface area contributed by atoms with Crippen molar-refractivity contribution in [1.82, 2.24) is 15.0 Å². The highest BCUT2D eigenvalue weighted by atomic mass is 35.5. The Bertz CT molecular complexity index is 1030. The summed E-state index contributed by atoms with van der Waals surface area (Å²) in [5.74, 6) is 1.67. The predicted octanol–water partition coefficient (Wildman–Crippen LogP) is 4.08. The Morgan fingerprint density at radius 1 is 1.17 bits per heavy atom. The van der Waals surface area contributed by atoms with Crippen LogP contribution >= 0.6 is 11.6 Å². The Labute approximate surface area is 173 Å². The molecule has 0 aliphatic rings. The van der Waals surface area contributed by atoms with E-state index in [4.69, 9.17) is 25.6 Å². The van der Waals surface area contributed by atoms with Gasteiger partial charge in [-0.1, -0.05) is 35.0 Å². The Balaban J connectivity index is 1.68. The predicted molar refractivity (Wildman–Crippen MR) is 110 cm³/mol. The Kier molecular flexibility index (Phi) is 6.51. The first-order chi connectivity index (χ1) is 14.0. The van der Waals surface area contributed by atoms with Gasteiger partial charge in [0.05, 0.1) is 20.8 Å². The summed E-state index contributed by atoms with van der Waals surface area (Å²) < 4.78 is 15.8. The van der Waals surface area contributed by atoms with Crippen molar-refractivity contribution in [3.63, 3.8) is 0 Å². The van der Waals surface area contributed by atoms with Crippen molar-refractivity contribution >= 4 is 23.6 Å². The molecule has 0 unspecified atom stereocenters. The van der Waals surface area contributed by atoms with Gasteiger partial charge < -0.3 is 18.9 Å². The van der Waals surface area contributed by atoms with Gasteiger partial charge in [-0.2, -0.15) is 4.98 Å². The number of carbonyl (C=O) groups is 1. The topological polar surface area (TPSA) is 77.7 Å². The summed E-state index contributed by atoms with van der Waals surface area (Å²) >= 11 is 6.09. The maximum absolute atomic E-state index is 12.3. The number of benzene rings is 2. The van der Waals surface area contributed by atoms with Crippen LogP contribution in [0.3, 0.4) is 0 Å². The van der Waals surface area contributed by atoms with E-state index in [1.54, 1.807) is 51.6 Å². The molecule has 29 heavy (non-hydrogen) atoms. The van der Waals surface area contributed by atoms with E-state index in [2.05, 4.69) is 10.1 Å². The molecule has 0 atom stereocenters. The number of carbonyl (C=O) groups excluding carboxylic acids is 1. The molecule has 150 valence electrons. The SMILES string of the molecule is COc1ccc(-c2noc(CN(C)C(=O)/C=C/c3ccccc3Cl)n2)cc1OC. The number of ether oxygens (including phenoxy) is 2. The van der Waals surface area contributed by atoms with Crippen molar-refractivity contribution in [2.24, 2.45) is 0 Å². The third-order valence-corrected chi connectivity index (χ3v) is 4.51. The second-order valence-electron chi connectivity index (χ2n) is 6.13. The van der Waals surface area contributed by atoms with Crippen molar-refractivity contribution in [3.05, 3.63) is 65.0 Å². The van der Waals surface area contributed by atoms with Crippen molar-refractivity contribution in [2.75, 3.05) is 21.3 Å². The van der Waals surface area contributed by atoms with E-state index in [0.717, 1.165) is 5.56 Å². The Hall–Kier alpha value is -3.32. The van der Waals surface area contributed by atoms with E-state index in [1.165, 1.54) is 11.0 Å². The zero-order valence-electron chi connectivity index (χ0n) is 16.3. The largest absolute Gasteiger partial charge is 0.493 e. The molecule has 3 rings (SSSR count). The molecule has 2 aromatic carbocycles. The number of methoxy groups -OCH3 is 2. The van der Waals surface area contributed by atoms with Crippen LogP contribution in [0.4, 0.5) is 0 Å². The molecule has 0 aliphatic heterocycles. The zero-order valence-corrected chi connectivity index (χ0v) is 17.0. The summed E-state index contributed by atoms with van der Waals surface area (Å²) in [6.07, 6.45) is 3.12. The molecule has 0 fully saturated rings. The number of rotatable bonds is 7. The quantitative estimate of drug-likeness (QED) is 0.543. The van der Waals surface area contributed by atoms with Crippen molar-refractivity contribution in [1.29, 1.82) is 0 Å². The summed E-state index contributed by atoms with van der Waals surface area (Å²) in [6.45, 7) is 0.173. The second-order valence-corrected chi connectivity index (χ2v) is 6.54. The van der Waals surface area contributed by atoms with E-state index in [1.807, 2.05) is 18.2 Å². The van der Waals surface area contributed by atoms with E-state index in [0.29, 0.717) is 33.8 Å². The number of likely N-dealkylation sites (N-methyl/N-ethyl adjacent to an activating group) is 1. The minimum atomic E-state index is -0.212. The van der Waals surface area contributed by atoms with Crippen molar-refractivity contribution in [3.8, 4) is 22.9 Å². The molecule has 1 aromatic heterocycles. The lowest BCUT2D eigenvalue weighted by Gasteiger charge is -2.11. The van der Waals surface area contributed by atoms with E-state index < -0.39 is 0 Å². The van der Waals surface area contributed by atoms with Crippen LogP contribution in [0, 0.1) is 0 Å². The molecule has 7 nitrogen and oxygen atoms in total. The van der Waals surface area contributed by atoms with E-state index in [-0.39, 0.29) is 12.5 Å². The lowest BCUT2D eigenvalue weighted by atomic mass is 10.2. The van der Waals surface area contributed by atoms with Gasteiger partial charge in [0.25, 0.3) is 0 Å². The maximum Gasteiger partial charge on any atom is 0.246 e. The molecule has 1 heterocycles. The number of nitrogens with zero attached hydrogens (tertiary/aromatic N) is 3. The standard InChI is InChI=1S/C21H20ClN3O4/c1-25(20(26)11-9-14-6-4-5-7-16(14)22)13-19-23-21(24-29-19)15-8-10-17(27-2)18(12-15)28-3/h4-12H,13H2,1-3H3/b11-9+. The van der Waals surface area contributed by atoms with E-state index >= 15 is 0 Å². The van der Waals surface area contributed by atoms with Crippen LogP contribution < -0.4 is 9.47 Å². The van der Waals surface area contributed by atoms with Gasteiger partial charge in [-0.25, -0.2) is 0 Å². The molecule has 1 amide bonds. The Morgan fingerprint density at radius 2 is 1.93 bits per heavy atom. The van der Waals surface area contributed by atoms with Crippen LogP contribution in [0.5, 0.6) is 11.5 Å². The van der Waals surface area contributed by atoms with Crippen LogP contribution in [0.1, 0.15) is 11.5 Å². The first-order valence-corrected chi connectivity index (χ1v) is 9.12. The highest BCUT2D eigenvalue weighted by molar-refractivity contribution is 6.32. The summed E-state index contributed by atoms with van der Waals surface area (Å²) in [4.78, 5) is 18.2. The summed E-state index contributed by atoms with van der Waals surface area (Å²) in [6, 6.07) is 12.6. The molecule has 3 aromatic rings. The molecule has 0 N–H and O–H groups in total. The summed E-state index contributed by atoms with van der Waals surface area (Å²) in [7, 11) is 4.77.